The van der Waals surface area contributed by atoms with Crippen LogP contribution in [0.25, 0.3) is 21.9 Å². The molecule has 0 aliphatic heterocycles. The van der Waals surface area contributed by atoms with E-state index in [-0.39, 0.29) is 0 Å². The highest BCUT2D eigenvalue weighted by atomic mass is 16.5. The van der Waals surface area contributed by atoms with Crippen molar-refractivity contribution >= 4 is 27.8 Å². The van der Waals surface area contributed by atoms with E-state index in [4.69, 9.17) is 9.15 Å². The van der Waals surface area contributed by atoms with Crippen LogP contribution < -0.4 is 10.5 Å². The molecule has 23 heavy (non-hydrogen) atoms. The molecule has 4 aromatic rings. The van der Waals surface area contributed by atoms with Gasteiger partial charge in [0, 0.05) is 6.07 Å². The van der Waals surface area contributed by atoms with Crippen molar-refractivity contribution < 1.29 is 13.9 Å². The van der Waals surface area contributed by atoms with Gasteiger partial charge in [0.25, 0.3) is 0 Å². The monoisotopic (exact) mass is 305 g/mol. The van der Waals surface area contributed by atoms with Gasteiger partial charge >= 0.3 is 11.7 Å². The van der Waals surface area contributed by atoms with Crippen molar-refractivity contribution in [3.8, 4) is 5.75 Å². The number of oxazole rings is 1. The second kappa shape index (κ2) is 5.14. The third kappa shape index (κ3) is 2.38. The Hall–Kier alpha value is -3.34. The predicted molar refractivity (Wildman–Crippen MR) is 85.7 cm³/mol. The van der Waals surface area contributed by atoms with E-state index in [1.54, 1.807) is 18.2 Å². The molecule has 0 aliphatic carbocycles. The van der Waals surface area contributed by atoms with Gasteiger partial charge in [0.15, 0.2) is 5.58 Å². The molecule has 1 N–H and O–H groups in total. The van der Waals surface area contributed by atoms with Gasteiger partial charge in [0.1, 0.15) is 5.75 Å². The molecule has 1 heterocycles. The van der Waals surface area contributed by atoms with Crippen molar-refractivity contribution in [2.75, 3.05) is 0 Å². The first-order valence-corrected chi connectivity index (χ1v) is 7.03. The number of aromatic nitrogens is 1. The normalized spacial score (nSPS) is 11.0. The largest absolute Gasteiger partial charge is 0.423 e. The van der Waals surface area contributed by atoms with E-state index in [0.29, 0.717) is 22.4 Å². The minimum absolute atomic E-state index is 0.318. The number of H-pyrrole nitrogens is 1. The second-order valence-corrected chi connectivity index (χ2v) is 5.09. The van der Waals surface area contributed by atoms with Crippen molar-refractivity contribution in [2.45, 2.75) is 0 Å². The number of nitrogens with one attached hydrogen (secondary N) is 1. The Morgan fingerprint density at radius 2 is 1.83 bits per heavy atom. The third-order valence-electron chi connectivity index (χ3n) is 3.61. The van der Waals surface area contributed by atoms with E-state index in [1.165, 1.54) is 6.07 Å². The van der Waals surface area contributed by atoms with Crippen LogP contribution in [0.1, 0.15) is 10.4 Å². The Kier molecular flexibility index (Phi) is 2.98. The first-order chi connectivity index (χ1) is 11.2. The van der Waals surface area contributed by atoms with Crippen molar-refractivity contribution in [1.29, 1.82) is 0 Å². The number of hydrogen-bond donors (Lipinski definition) is 1. The Labute approximate surface area is 130 Å². The van der Waals surface area contributed by atoms with Gasteiger partial charge in [0.05, 0.1) is 11.1 Å². The van der Waals surface area contributed by atoms with Gasteiger partial charge < -0.3 is 9.15 Å². The second-order valence-electron chi connectivity index (χ2n) is 5.09. The number of esters is 1. The third-order valence-corrected chi connectivity index (χ3v) is 3.61. The Morgan fingerprint density at radius 1 is 1.00 bits per heavy atom. The number of carbonyl (C=O) groups excluding carboxylic acids is 1. The molecule has 4 rings (SSSR count). The molecule has 0 radical (unpaired) electrons. The summed E-state index contributed by atoms with van der Waals surface area (Å²) in [7, 11) is 0. The first kappa shape index (κ1) is 13.3. The summed E-state index contributed by atoms with van der Waals surface area (Å²) in [5.41, 5.74) is 1.39. The molecule has 0 aliphatic rings. The number of hydrogen-bond acceptors (Lipinski definition) is 4. The molecule has 0 unspecified atom stereocenters. The van der Waals surface area contributed by atoms with Crippen LogP contribution in [0.15, 0.2) is 69.9 Å². The van der Waals surface area contributed by atoms with Gasteiger partial charge in [-0.2, -0.15) is 0 Å². The average Bonchev–Trinajstić information content (AvgIpc) is 2.93. The summed E-state index contributed by atoms with van der Waals surface area (Å²) in [5.74, 6) is -0.685. The molecule has 1 aromatic heterocycles. The van der Waals surface area contributed by atoms with Crippen molar-refractivity contribution in [2.24, 2.45) is 0 Å². The molecule has 3 aromatic carbocycles. The summed E-state index contributed by atoms with van der Waals surface area (Å²) < 4.78 is 10.4. The van der Waals surface area contributed by atoms with Crippen molar-refractivity contribution in [3.63, 3.8) is 0 Å². The van der Waals surface area contributed by atoms with Crippen molar-refractivity contribution in [3.05, 3.63) is 76.8 Å². The van der Waals surface area contributed by atoms with E-state index in [0.717, 1.165) is 10.8 Å². The molecule has 5 heteroatoms. The van der Waals surface area contributed by atoms with Crippen molar-refractivity contribution in [1.82, 2.24) is 4.98 Å². The summed E-state index contributed by atoms with van der Waals surface area (Å²) in [5, 5.41) is 1.79. The van der Waals surface area contributed by atoms with Gasteiger partial charge in [-0.25, -0.2) is 9.59 Å². The maximum atomic E-state index is 12.4. The fourth-order valence-corrected chi connectivity index (χ4v) is 2.55. The standard InChI is InChI=1S/C18H11NO4/c20-17(14-7-3-5-11-4-1-2-6-13(11)14)22-12-8-9-15-16(10-12)23-18(21)19-15/h1-10H,(H,19,21). The summed E-state index contributed by atoms with van der Waals surface area (Å²) in [6.45, 7) is 0. The summed E-state index contributed by atoms with van der Waals surface area (Å²) >= 11 is 0. The number of fused-ring (bicyclic) bond motifs is 2. The Bertz CT molecular complexity index is 1090. The zero-order valence-corrected chi connectivity index (χ0v) is 11.9. The molecule has 0 saturated carbocycles. The predicted octanol–water partition coefficient (Wildman–Crippen LogP) is 3.49. The molecule has 0 atom stereocenters. The van der Waals surface area contributed by atoms with E-state index < -0.39 is 11.7 Å². The summed E-state index contributed by atoms with van der Waals surface area (Å²) in [4.78, 5) is 26.1. The molecule has 0 spiro atoms. The topological polar surface area (TPSA) is 72.3 Å². The molecule has 0 fully saturated rings. The quantitative estimate of drug-likeness (QED) is 0.454. The van der Waals surface area contributed by atoms with Crippen LogP contribution in [-0.2, 0) is 0 Å². The van der Waals surface area contributed by atoms with E-state index >= 15 is 0 Å². The smallest absolute Gasteiger partial charge is 0.417 e. The Morgan fingerprint density at radius 3 is 2.74 bits per heavy atom. The van der Waals surface area contributed by atoms with Crippen LogP contribution >= 0.6 is 0 Å². The number of benzene rings is 3. The van der Waals surface area contributed by atoms with Crippen LogP contribution in [0.5, 0.6) is 5.75 Å². The SMILES string of the molecule is O=C(Oc1ccc2[nH]c(=O)oc2c1)c1cccc2ccccc12. The molecule has 0 bridgehead atoms. The molecular formula is C18H11NO4. The zero-order valence-electron chi connectivity index (χ0n) is 11.9. The van der Waals surface area contributed by atoms with Gasteiger partial charge in [0.2, 0.25) is 0 Å². The van der Waals surface area contributed by atoms with Gasteiger partial charge in [-0.15, -0.1) is 0 Å². The molecular weight excluding hydrogens is 294 g/mol. The lowest BCUT2D eigenvalue weighted by Gasteiger charge is -2.07. The minimum Gasteiger partial charge on any atom is -0.423 e. The minimum atomic E-state index is -0.544. The highest BCUT2D eigenvalue weighted by Gasteiger charge is 2.13. The maximum absolute atomic E-state index is 12.4. The van der Waals surface area contributed by atoms with Crippen LogP contribution in [-0.4, -0.2) is 11.0 Å². The zero-order chi connectivity index (χ0) is 15.8. The number of carbonyl (C=O) groups is 1. The Balaban J connectivity index is 1.71. The summed E-state index contributed by atoms with van der Waals surface area (Å²) in [6.07, 6.45) is 0. The van der Waals surface area contributed by atoms with Crippen LogP contribution in [0.4, 0.5) is 0 Å². The number of rotatable bonds is 2. The molecule has 5 nitrogen and oxygen atoms in total. The van der Waals surface area contributed by atoms with Crippen LogP contribution in [0.2, 0.25) is 0 Å². The van der Waals surface area contributed by atoms with E-state index in [1.807, 2.05) is 36.4 Å². The van der Waals surface area contributed by atoms with Gasteiger partial charge in [-0.3, -0.25) is 4.98 Å². The lowest BCUT2D eigenvalue weighted by molar-refractivity contribution is 0.0737. The highest BCUT2D eigenvalue weighted by Crippen LogP contribution is 2.22. The lowest BCUT2D eigenvalue weighted by atomic mass is 10.0. The fraction of sp³-hybridized carbons (Fsp3) is 0. The average molecular weight is 305 g/mol. The van der Waals surface area contributed by atoms with Crippen LogP contribution in [0, 0.1) is 0 Å². The van der Waals surface area contributed by atoms with Crippen LogP contribution in [0.3, 0.4) is 0 Å². The van der Waals surface area contributed by atoms with Gasteiger partial charge in [-0.05, 0) is 29.0 Å². The molecule has 0 amide bonds. The number of ether oxygens (including phenoxy) is 1. The van der Waals surface area contributed by atoms with Gasteiger partial charge in [-0.1, -0.05) is 36.4 Å². The van der Waals surface area contributed by atoms with E-state index in [9.17, 15) is 9.59 Å². The maximum Gasteiger partial charge on any atom is 0.417 e. The van der Waals surface area contributed by atoms with E-state index in [2.05, 4.69) is 4.98 Å². The fourth-order valence-electron chi connectivity index (χ4n) is 2.55. The molecule has 112 valence electrons. The number of aromatic amines is 1. The summed E-state index contributed by atoms with van der Waals surface area (Å²) in [6, 6.07) is 17.8. The highest BCUT2D eigenvalue weighted by molar-refractivity contribution is 6.05. The first-order valence-electron chi connectivity index (χ1n) is 7.03. The lowest BCUT2D eigenvalue weighted by Crippen LogP contribution is -2.08. The molecule has 0 saturated heterocycles.